The van der Waals surface area contributed by atoms with Crippen molar-refractivity contribution in [1.82, 2.24) is 20.1 Å². The number of halogens is 1. The Balaban J connectivity index is 1.55. The van der Waals surface area contributed by atoms with Crippen LogP contribution in [0, 0.1) is 5.92 Å². The molecule has 2 N–H and O–H groups in total. The van der Waals surface area contributed by atoms with E-state index in [1.807, 2.05) is 0 Å². The molecule has 1 saturated carbocycles. The van der Waals surface area contributed by atoms with Gasteiger partial charge in [-0.3, -0.25) is 15.0 Å². The molecule has 11 heteroatoms. The zero-order valence-corrected chi connectivity index (χ0v) is 18.8. The van der Waals surface area contributed by atoms with Crippen LogP contribution in [0.1, 0.15) is 55.8 Å². The lowest BCUT2D eigenvalue weighted by Gasteiger charge is -2.33. The molecule has 4 amide bonds. The van der Waals surface area contributed by atoms with Gasteiger partial charge in [0.2, 0.25) is 10.0 Å². The zero-order valence-electron chi connectivity index (χ0n) is 17.2. The molecular formula is C20H25ClN4O5S. The summed E-state index contributed by atoms with van der Waals surface area (Å²) in [5.41, 5.74) is 1.18. The number of rotatable bonds is 4. The van der Waals surface area contributed by atoms with Crippen molar-refractivity contribution in [3.05, 3.63) is 28.8 Å². The van der Waals surface area contributed by atoms with Crippen LogP contribution < -0.4 is 10.7 Å². The molecule has 2 saturated heterocycles. The maximum absolute atomic E-state index is 12.9. The highest BCUT2D eigenvalue weighted by Gasteiger charge is 2.53. The average Bonchev–Trinajstić information content (AvgIpc) is 3.35. The fourth-order valence-electron chi connectivity index (χ4n) is 4.39. The third kappa shape index (κ3) is 3.92. The lowest BCUT2D eigenvalue weighted by molar-refractivity contribution is -0.134. The molecule has 31 heavy (non-hydrogen) atoms. The fraction of sp³-hybridized carbons (Fsp3) is 0.550. The van der Waals surface area contributed by atoms with Crippen LogP contribution in [-0.4, -0.2) is 54.2 Å². The Labute approximate surface area is 186 Å². The van der Waals surface area contributed by atoms with E-state index < -0.39 is 33.4 Å². The molecule has 1 aromatic rings. The summed E-state index contributed by atoms with van der Waals surface area (Å²) in [6.45, 7) is 2.95. The summed E-state index contributed by atoms with van der Waals surface area (Å²) >= 11 is 6.14. The molecule has 2 aliphatic heterocycles. The van der Waals surface area contributed by atoms with Crippen LogP contribution in [0.3, 0.4) is 0 Å². The summed E-state index contributed by atoms with van der Waals surface area (Å²) in [4.78, 5) is 38.2. The molecule has 2 heterocycles. The van der Waals surface area contributed by atoms with Gasteiger partial charge in [-0.25, -0.2) is 13.2 Å². The number of benzene rings is 1. The maximum atomic E-state index is 12.9. The van der Waals surface area contributed by atoms with Gasteiger partial charge >= 0.3 is 6.03 Å². The number of hydrazine groups is 1. The van der Waals surface area contributed by atoms with E-state index in [0.29, 0.717) is 36.9 Å². The molecule has 3 aliphatic rings. The molecule has 168 valence electrons. The molecule has 0 atom stereocenters. The summed E-state index contributed by atoms with van der Waals surface area (Å²) in [7, 11) is -3.75. The van der Waals surface area contributed by atoms with Crippen molar-refractivity contribution in [3.8, 4) is 0 Å². The molecule has 9 nitrogen and oxygen atoms in total. The van der Waals surface area contributed by atoms with Crippen LogP contribution in [0.15, 0.2) is 23.1 Å². The first kappa shape index (κ1) is 22.0. The van der Waals surface area contributed by atoms with E-state index in [1.165, 1.54) is 22.5 Å². The number of hydrogen-bond donors (Lipinski definition) is 2. The Morgan fingerprint density at radius 1 is 1.19 bits per heavy atom. The molecule has 3 fully saturated rings. The standard InChI is InChI=1S/C20H25ClN4O5S/c1-13-6-8-20(9-7-13)18(27)25(19(28)22-20)23-17(26)15-12-14(4-5-16(15)21)31(29,30)24-10-2-3-11-24/h4-5,12-13H,2-3,6-11H2,1H3,(H,22,28)(H,23,26). The number of carbonyl (C=O) groups excluding carboxylic acids is 3. The quantitative estimate of drug-likeness (QED) is 0.657. The van der Waals surface area contributed by atoms with Gasteiger partial charge in [-0.2, -0.15) is 9.31 Å². The summed E-state index contributed by atoms with van der Waals surface area (Å²) < 4.78 is 27.0. The third-order valence-electron chi connectivity index (χ3n) is 6.39. The van der Waals surface area contributed by atoms with E-state index in [1.54, 1.807) is 0 Å². The molecule has 4 rings (SSSR count). The Bertz CT molecular complexity index is 1030. The Hall–Kier alpha value is -2.17. The second-order valence-electron chi connectivity index (χ2n) is 8.53. The number of nitrogens with one attached hydrogen (secondary N) is 2. The van der Waals surface area contributed by atoms with Gasteiger partial charge in [0.15, 0.2) is 0 Å². The molecule has 0 unspecified atom stereocenters. The second kappa shape index (κ2) is 8.07. The maximum Gasteiger partial charge on any atom is 0.344 e. The topological polar surface area (TPSA) is 116 Å². The SMILES string of the molecule is CC1CCC2(CC1)NC(=O)N(NC(=O)c1cc(S(=O)(=O)N3CCCC3)ccc1Cl)C2=O. The summed E-state index contributed by atoms with van der Waals surface area (Å²) in [5.74, 6) is -0.860. The molecule has 0 bridgehead atoms. The summed E-state index contributed by atoms with van der Waals surface area (Å²) in [6, 6.07) is 3.15. The molecular weight excluding hydrogens is 444 g/mol. The Kier molecular flexibility index (Phi) is 5.74. The van der Waals surface area contributed by atoms with E-state index >= 15 is 0 Å². The predicted molar refractivity (Wildman–Crippen MR) is 113 cm³/mol. The fourth-order valence-corrected chi connectivity index (χ4v) is 6.14. The molecule has 1 aromatic carbocycles. The largest absolute Gasteiger partial charge is 0.344 e. The number of sulfonamides is 1. The highest BCUT2D eigenvalue weighted by molar-refractivity contribution is 7.89. The third-order valence-corrected chi connectivity index (χ3v) is 8.61. The number of hydrogen-bond acceptors (Lipinski definition) is 5. The smallest absolute Gasteiger partial charge is 0.322 e. The lowest BCUT2D eigenvalue weighted by atomic mass is 9.77. The zero-order chi connectivity index (χ0) is 22.4. The lowest BCUT2D eigenvalue weighted by Crippen LogP contribution is -2.51. The van der Waals surface area contributed by atoms with Crippen molar-refractivity contribution in [2.75, 3.05) is 13.1 Å². The summed E-state index contributed by atoms with van der Waals surface area (Å²) in [6.07, 6.45) is 4.19. The first-order chi connectivity index (χ1) is 14.6. The number of carbonyl (C=O) groups is 3. The Morgan fingerprint density at radius 2 is 1.84 bits per heavy atom. The number of nitrogens with zero attached hydrogens (tertiary/aromatic N) is 2. The van der Waals surface area contributed by atoms with Crippen LogP contribution in [-0.2, 0) is 14.8 Å². The van der Waals surface area contributed by atoms with Crippen LogP contribution >= 0.6 is 11.6 Å². The van der Waals surface area contributed by atoms with Gasteiger partial charge in [0.25, 0.3) is 11.8 Å². The van der Waals surface area contributed by atoms with Crippen molar-refractivity contribution in [3.63, 3.8) is 0 Å². The Morgan fingerprint density at radius 3 is 2.48 bits per heavy atom. The minimum atomic E-state index is -3.75. The number of amides is 4. The summed E-state index contributed by atoms with van der Waals surface area (Å²) in [5, 5.41) is 3.42. The van der Waals surface area contributed by atoms with Crippen molar-refractivity contribution < 1.29 is 22.8 Å². The van der Waals surface area contributed by atoms with Crippen LogP contribution in [0.2, 0.25) is 5.02 Å². The minimum absolute atomic E-state index is 0.0196. The molecule has 1 aliphatic carbocycles. The van der Waals surface area contributed by atoms with Gasteiger partial charge in [0.1, 0.15) is 5.54 Å². The minimum Gasteiger partial charge on any atom is -0.322 e. The average molecular weight is 469 g/mol. The second-order valence-corrected chi connectivity index (χ2v) is 10.9. The molecule has 0 radical (unpaired) electrons. The van der Waals surface area contributed by atoms with Crippen LogP contribution in [0.25, 0.3) is 0 Å². The van der Waals surface area contributed by atoms with Gasteiger partial charge < -0.3 is 5.32 Å². The highest BCUT2D eigenvalue weighted by atomic mass is 35.5. The van der Waals surface area contributed by atoms with Gasteiger partial charge in [-0.05, 0) is 62.6 Å². The van der Waals surface area contributed by atoms with E-state index in [-0.39, 0.29) is 15.5 Å². The number of imide groups is 1. The highest BCUT2D eigenvalue weighted by Crippen LogP contribution is 2.36. The van der Waals surface area contributed by atoms with Crippen LogP contribution in [0.4, 0.5) is 4.79 Å². The van der Waals surface area contributed by atoms with E-state index in [9.17, 15) is 22.8 Å². The normalized spacial score (nSPS) is 27.0. The first-order valence-electron chi connectivity index (χ1n) is 10.4. The van der Waals surface area contributed by atoms with Crippen molar-refractivity contribution in [2.45, 2.75) is 55.9 Å². The van der Waals surface area contributed by atoms with Crippen LogP contribution in [0.5, 0.6) is 0 Å². The van der Waals surface area contributed by atoms with Crippen molar-refractivity contribution >= 4 is 39.5 Å². The van der Waals surface area contributed by atoms with Gasteiger partial charge in [-0.1, -0.05) is 18.5 Å². The van der Waals surface area contributed by atoms with Crippen molar-refractivity contribution in [2.24, 2.45) is 5.92 Å². The van der Waals surface area contributed by atoms with Gasteiger partial charge in [-0.15, -0.1) is 0 Å². The monoisotopic (exact) mass is 468 g/mol. The molecule has 0 aromatic heterocycles. The van der Waals surface area contributed by atoms with E-state index in [4.69, 9.17) is 11.6 Å². The first-order valence-corrected chi connectivity index (χ1v) is 12.2. The predicted octanol–water partition coefficient (Wildman–Crippen LogP) is 2.27. The van der Waals surface area contributed by atoms with Gasteiger partial charge in [0.05, 0.1) is 15.5 Å². The van der Waals surface area contributed by atoms with E-state index in [2.05, 4.69) is 17.7 Å². The van der Waals surface area contributed by atoms with Crippen molar-refractivity contribution in [1.29, 1.82) is 0 Å². The van der Waals surface area contributed by atoms with E-state index in [0.717, 1.165) is 25.7 Å². The van der Waals surface area contributed by atoms with Gasteiger partial charge in [0, 0.05) is 13.1 Å². The number of urea groups is 1. The molecule has 1 spiro atoms.